The van der Waals surface area contributed by atoms with Crippen LogP contribution in [-0.2, 0) is 6.54 Å². The molecule has 0 aliphatic carbocycles. The zero-order valence-electron chi connectivity index (χ0n) is 9.17. The Hall–Kier alpha value is -1.82. The van der Waals surface area contributed by atoms with Crippen molar-refractivity contribution < 1.29 is 0 Å². The second kappa shape index (κ2) is 5.32. The van der Waals surface area contributed by atoms with E-state index in [0.717, 1.165) is 18.8 Å². The van der Waals surface area contributed by atoms with E-state index in [-0.39, 0.29) is 0 Å². The molecule has 2 aromatic heterocycles. The molecule has 2 rings (SSSR count). The Labute approximate surface area is 93.8 Å². The van der Waals surface area contributed by atoms with Crippen LogP contribution in [0.5, 0.6) is 0 Å². The van der Waals surface area contributed by atoms with Gasteiger partial charge in [-0.15, -0.1) is 0 Å². The highest BCUT2D eigenvalue weighted by atomic mass is 15.4. The van der Waals surface area contributed by atoms with E-state index in [1.165, 1.54) is 6.33 Å². The van der Waals surface area contributed by atoms with Crippen LogP contribution in [0.25, 0.3) is 5.82 Å². The van der Waals surface area contributed by atoms with Crippen molar-refractivity contribution >= 4 is 0 Å². The van der Waals surface area contributed by atoms with Crippen LogP contribution in [0.3, 0.4) is 0 Å². The van der Waals surface area contributed by atoms with Gasteiger partial charge in [0.2, 0.25) is 0 Å². The molecule has 0 fully saturated rings. The molecule has 6 heteroatoms. The number of rotatable bonds is 5. The second-order valence-corrected chi connectivity index (χ2v) is 3.33. The smallest absolute Gasteiger partial charge is 0.174 e. The Kier molecular flexibility index (Phi) is 3.55. The Bertz CT molecular complexity index is 424. The van der Waals surface area contributed by atoms with Crippen molar-refractivity contribution in [2.45, 2.75) is 19.9 Å². The molecule has 0 aliphatic rings. The molecule has 16 heavy (non-hydrogen) atoms. The van der Waals surface area contributed by atoms with Crippen LogP contribution in [0.2, 0.25) is 0 Å². The number of nitrogens with zero attached hydrogens (tertiary/aromatic N) is 5. The zero-order chi connectivity index (χ0) is 11.2. The first-order chi connectivity index (χ1) is 7.92. The highest BCUT2D eigenvalue weighted by Crippen LogP contribution is 2.02. The van der Waals surface area contributed by atoms with Gasteiger partial charge in [-0.25, -0.2) is 9.97 Å². The maximum atomic E-state index is 4.19. The molecule has 0 radical (unpaired) electrons. The van der Waals surface area contributed by atoms with Crippen molar-refractivity contribution in [2.75, 3.05) is 6.54 Å². The summed E-state index contributed by atoms with van der Waals surface area (Å²) in [5.41, 5.74) is 0. The third kappa shape index (κ3) is 2.40. The summed E-state index contributed by atoms with van der Waals surface area (Å²) in [6, 6.07) is 0. The largest absolute Gasteiger partial charge is 0.310 e. The van der Waals surface area contributed by atoms with Crippen LogP contribution in [-0.4, -0.2) is 31.3 Å². The fourth-order valence-corrected chi connectivity index (χ4v) is 1.35. The van der Waals surface area contributed by atoms with E-state index in [1.54, 1.807) is 23.3 Å². The molecule has 0 saturated heterocycles. The molecule has 0 amide bonds. The van der Waals surface area contributed by atoms with Gasteiger partial charge >= 0.3 is 0 Å². The topological polar surface area (TPSA) is 68.5 Å². The highest BCUT2D eigenvalue weighted by molar-refractivity contribution is 5.16. The van der Waals surface area contributed by atoms with Crippen molar-refractivity contribution in [1.29, 1.82) is 0 Å². The quantitative estimate of drug-likeness (QED) is 0.742. The van der Waals surface area contributed by atoms with Gasteiger partial charge < -0.3 is 5.32 Å². The molecule has 0 unspecified atom stereocenters. The number of hydrogen-bond acceptors (Lipinski definition) is 5. The van der Waals surface area contributed by atoms with E-state index in [0.29, 0.717) is 12.4 Å². The first-order valence-corrected chi connectivity index (χ1v) is 5.28. The fraction of sp³-hybridized carbons (Fsp3) is 0.400. The van der Waals surface area contributed by atoms with Crippen LogP contribution in [0, 0.1) is 0 Å². The lowest BCUT2D eigenvalue weighted by atomic mass is 10.4. The van der Waals surface area contributed by atoms with Gasteiger partial charge in [-0.05, 0) is 13.0 Å². The maximum absolute atomic E-state index is 4.19. The van der Waals surface area contributed by atoms with E-state index in [1.807, 2.05) is 0 Å². The molecule has 2 aromatic rings. The predicted octanol–water partition coefficient (Wildman–Crippen LogP) is 0.557. The molecule has 0 atom stereocenters. The first-order valence-electron chi connectivity index (χ1n) is 5.28. The van der Waals surface area contributed by atoms with Gasteiger partial charge in [0.05, 0.1) is 12.7 Å². The van der Waals surface area contributed by atoms with Gasteiger partial charge in [0.1, 0.15) is 12.2 Å². The minimum atomic E-state index is 0.685. The molecule has 2 heterocycles. The van der Waals surface area contributed by atoms with Gasteiger partial charge in [-0.2, -0.15) is 9.78 Å². The molecule has 84 valence electrons. The van der Waals surface area contributed by atoms with Crippen molar-refractivity contribution in [2.24, 2.45) is 0 Å². The summed E-state index contributed by atoms with van der Waals surface area (Å²) in [5.74, 6) is 1.53. The molecule has 0 aromatic carbocycles. The van der Waals surface area contributed by atoms with Gasteiger partial charge in [-0.1, -0.05) is 6.92 Å². The zero-order valence-corrected chi connectivity index (χ0v) is 9.17. The number of aromatic nitrogens is 5. The summed E-state index contributed by atoms with van der Waals surface area (Å²) in [6.07, 6.45) is 7.56. The monoisotopic (exact) mass is 218 g/mol. The summed E-state index contributed by atoms with van der Waals surface area (Å²) in [7, 11) is 0. The fourth-order valence-electron chi connectivity index (χ4n) is 1.35. The predicted molar refractivity (Wildman–Crippen MR) is 58.9 cm³/mol. The average molecular weight is 218 g/mol. The Morgan fingerprint density at radius 1 is 1.31 bits per heavy atom. The lowest BCUT2D eigenvalue weighted by Gasteiger charge is -2.04. The summed E-state index contributed by atoms with van der Waals surface area (Å²) < 4.78 is 1.69. The molecular formula is C10H14N6. The SMILES string of the molecule is CCCNCc1ncnn1-c1cnccn1. The van der Waals surface area contributed by atoms with Gasteiger partial charge in [0.25, 0.3) is 0 Å². The highest BCUT2D eigenvalue weighted by Gasteiger charge is 2.06. The van der Waals surface area contributed by atoms with E-state index in [9.17, 15) is 0 Å². The Morgan fingerprint density at radius 3 is 3.00 bits per heavy atom. The Balaban J connectivity index is 2.13. The van der Waals surface area contributed by atoms with E-state index in [2.05, 4.69) is 32.3 Å². The van der Waals surface area contributed by atoms with E-state index in [4.69, 9.17) is 0 Å². The van der Waals surface area contributed by atoms with Crippen molar-refractivity contribution in [1.82, 2.24) is 30.0 Å². The van der Waals surface area contributed by atoms with Crippen LogP contribution in [0.4, 0.5) is 0 Å². The summed E-state index contributed by atoms with van der Waals surface area (Å²) in [6.45, 7) is 3.78. The third-order valence-corrected chi connectivity index (χ3v) is 2.09. The maximum Gasteiger partial charge on any atom is 0.174 e. The lowest BCUT2D eigenvalue weighted by Crippen LogP contribution is -2.18. The van der Waals surface area contributed by atoms with Gasteiger partial charge in [0, 0.05) is 12.4 Å². The van der Waals surface area contributed by atoms with Gasteiger partial charge in [-0.3, -0.25) is 4.98 Å². The molecule has 0 saturated carbocycles. The second-order valence-electron chi connectivity index (χ2n) is 3.33. The molecule has 0 bridgehead atoms. The van der Waals surface area contributed by atoms with E-state index >= 15 is 0 Å². The van der Waals surface area contributed by atoms with Crippen LogP contribution in [0.1, 0.15) is 19.2 Å². The van der Waals surface area contributed by atoms with Crippen LogP contribution < -0.4 is 5.32 Å². The minimum absolute atomic E-state index is 0.685. The summed E-state index contributed by atoms with van der Waals surface area (Å²) in [5, 5.41) is 7.40. The minimum Gasteiger partial charge on any atom is -0.310 e. The number of hydrogen-bond donors (Lipinski definition) is 1. The van der Waals surface area contributed by atoms with E-state index < -0.39 is 0 Å². The van der Waals surface area contributed by atoms with Gasteiger partial charge in [0.15, 0.2) is 5.82 Å². The Morgan fingerprint density at radius 2 is 2.25 bits per heavy atom. The van der Waals surface area contributed by atoms with Crippen molar-refractivity contribution in [3.63, 3.8) is 0 Å². The van der Waals surface area contributed by atoms with Crippen molar-refractivity contribution in [3.8, 4) is 5.82 Å². The normalized spacial score (nSPS) is 10.6. The molecule has 1 N–H and O–H groups in total. The lowest BCUT2D eigenvalue weighted by molar-refractivity contribution is 0.629. The molecule has 0 spiro atoms. The third-order valence-electron chi connectivity index (χ3n) is 2.09. The first kappa shape index (κ1) is 10.7. The van der Waals surface area contributed by atoms with Crippen molar-refractivity contribution in [3.05, 3.63) is 30.7 Å². The molecular weight excluding hydrogens is 204 g/mol. The van der Waals surface area contributed by atoms with Crippen LogP contribution >= 0.6 is 0 Å². The summed E-state index contributed by atoms with van der Waals surface area (Å²) in [4.78, 5) is 12.4. The average Bonchev–Trinajstić information content (AvgIpc) is 2.79. The van der Waals surface area contributed by atoms with Crippen LogP contribution in [0.15, 0.2) is 24.9 Å². The number of nitrogens with one attached hydrogen (secondary N) is 1. The molecule has 0 aliphatic heterocycles. The standard InChI is InChI=1S/C10H14N6/c1-2-3-11-7-10-14-8-15-16(10)9-6-12-4-5-13-9/h4-6,8,11H,2-3,7H2,1H3. The molecule has 6 nitrogen and oxygen atoms in total. The summed E-state index contributed by atoms with van der Waals surface area (Å²) >= 11 is 0.